The van der Waals surface area contributed by atoms with Gasteiger partial charge in [0, 0.05) is 17.8 Å². The molecule has 3 heteroatoms. The van der Waals surface area contributed by atoms with Gasteiger partial charge >= 0.3 is 0 Å². The predicted octanol–water partition coefficient (Wildman–Crippen LogP) is 6.06. The van der Waals surface area contributed by atoms with Gasteiger partial charge in [0.1, 0.15) is 0 Å². The maximum atomic E-state index is 13.4. The lowest BCUT2D eigenvalue weighted by Gasteiger charge is -2.61. The van der Waals surface area contributed by atoms with Gasteiger partial charge in [-0.25, -0.2) is 4.98 Å². The van der Waals surface area contributed by atoms with Crippen molar-refractivity contribution in [3.05, 3.63) is 18.2 Å². The summed E-state index contributed by atoms with van der Waals surface area (Å²) in [6.07, 6.45) is 16.0. The second kappa shape index (κ2) is 6.95. The number of carbonyl (C=O) groups excluding carboxylic acids is 1. The van der Waals surface area contributed by atoms with Crippen LogP contribution in [0.25, 0.3) is 0 Å². The van der Waals surface area contributed by atoms with Crippen LogP contribution in [0.15, 0.2) is 12.5 Å². The topological polar surface area (TPSA) is 34.9 Å². The van der Waals surface area contributed by atoms with Crippen LogP contribution in [0.4, 0.5) is 0 Å². The van der Waals surface area contributed by atoms with E-state index >= 15 is 0 Å². The van der Waals surface area contributed by atoms with Crippen molar-refractivity contribution < 1.29 is 4.79 Å². The van der Waals surface area contributed by atoms with Gasteiger partial charge in [0.05, 0.1) is 12.9 Å². The van der Waals surface area contributed by atoms with Crippen LogP contribution in [0.2, 0.25) is 0 Å². The first kappa shape index (κ1) is 19.8. The molecule has 0 radical (unpaired) electrons. The Morgan fingerprint density at radius 3 is 2.59 bits per heavy atom. The molecule has 0 spiro atoms. The number of ketones is 1. The largest absolute Gasteiger partial charge is 0.327 e. The SMILES string of the molecule is Cc1cncn1CC(=O)C1CCC2C3CCC4C[C@@H](C)CCC4(C)C3CCC12C. The summed E-state index contributed by atoms with van der Waals surface area (Å²) in [4.78, 5) is 17.6. The normalized spacial score (nSPS) is 46.6. The van der Waals surface area contributed by atoms with E-state index in [1.165, 1.54) is 51.4 Å². The van der Waals surface area contributed by atoms with Gasteiger partial charge < -0.3 is 4.57 Å². The standard InChI is InChI=1S/C26H40N2O/c1-17-9-11-25(3)19(13-17)5-6-20-21-7-8-23(26(21,4)12-10-22(20)25)24(29)15-28-16-27-14-18(28)2/h14,16-17,19-23H,5-13,15H2,1-4H3/t17-,19?,20?,21?,22?,23?,25?,26?/m0/s1. The molecule has 1 heterocycles. The summed E-state index contributed by atoms with van der Waals surface area (Å²) in [5, 5.41) is 0. The molecule has 4 fully saturated rings. The van der Waals surface area contributed by atoms with Crippen molar-refractivity contribution in [2.24, 2.45) is 46.3 Å². The number of aryl methyl sites for hydroxylation is 1. The van der Waals surface area contributed by atoms with Gasteiger partial charge in [0.2, 0.25) is 0 Å². The van der Waals surface area contributed by atoms with E-state index in [0.717, 1.165) is 41.7 Å². The smallest absolute Gasteiger partial charge is 0.156 e. The second-order valence-electron chi connectivity index (χ2n) is 11.8. The molecule has 1 aromatic rings. The van der Waals surface area contributed by atoms with E-state index in [1.807, 2.05) is 17.1 Å². The molecule has 29 heavy (non-hydrogen) atoms. The van der Waals surface area contributed by atoms with Gasteiger partial charge in [0.15, 0.2) is 5.78 Å². The van der Waals surface area contributed by atoms with Crippen molar-refractivity contribution in [1.82, 2.24) is 9.55 Å². The zero-order valence-electron chi connectivity index (χ0n) is 19.0. The zero-order chi connectivity index (χ0) is 20.4. The van der Waals surface area contributed by atoms with E-state index in [0.29, 0.717) is 17.7 Å². The molecule has 5 rings (SSSR count). The minimum absolute atomic E-state index is 0.234. The fourth-order valence-corrected chi connectivity index (χ4v) is 8.83. The molecule has 0 N–H and O–H groups in total. The van der Waals surface area contributed by atoms with Crippen molar-refractivity contribution in [2.75, 3.05) is 0 Å². The van der Waals surface area contributed by atoms with Crippen LogP contribution in [-0.4, -0.2) is 15.3 Å². The monoisotopic (exact) mass is 396 g/mol. The third-order valence-corrected chi connectivity index (χ3v) is 10.6. The van der Waals surface area contributed by atoms with E-state index in [9.17, 15) is 4.79 Å². The van der Waals surface area contributed by atoms with Crippen molar-refractivity contribution >= 4 is 5.78 Å². The molecule has 0 amide bonds. The molecule has 8 atom stereocenters. The van der Waals surface area contributed by atoms with E-state index in [4.69, 9.17) is 0 Å². The molecule has 4 aliphatic rings. The van der Waals surface area contributed by atoms with Crippen molar-refractivity contribution in [2.45, 2.75) is 92.0 Å². The number of hydrogen-bond donors (Lipinski definition) is 0. The van der Waals surface area contributed by atoms with Crippen LogP contribution in [-0.2, 0) is 11.3 Å². The van der Waals surface area contributed by atoms with Crippen LogP contribution >= 0.6 is 0 Å². The number of nitrogens with zero attached hydrogens (tertiary/aromatic N) is 2. The van der Waals surface area contributed by atoms with Crippen molar-refractivity contribution in [3.63, 3.8) is 0 Å². The van der Waals surface area contributed by atoms with Gasteiger partial charge in [-0.1, -0.05) is 27.2 Å². The highest BCUT2D eigenvalue weighted by Crippen LogP contribution is 2.67. The van der Waals surface area contributed by atoms with E-state index in [-0.39, 0.29) is 11.3 Å². The first-order chi connectivity index (χ1) is 13.8. The zero-order valence-corrected chi connectivity index (χ0v) is 19.0. The molecule has 1 aromatic heterocycles. The third-order valence-electron chi connectivity index (χ3n) is 10.6. The van der Waals surface area contributed by atoms with Gasteiger partial charge in [0.25, 0.3) is 0 Å². The first-order valence-corrected chi connectivity index (χ1v) is 12.3. The minimum atomic E-state index is 0.234. The maximum absolute atomic E-state index is 13.4. The van der Waals surface area contributed by atoms with Crippen LogP contribution in [0.5, 0.6) is 0 Å². The molecule has 160 valence electrons. The van der Waals surface area contributed by atoms with Gasteiger partial charge in [-0.2, -0.15) is 0 Å². The number of hydrogen-bond acceptors (Lipinski definition) is 2. The summed E-state index contributed by atoms with van der Waals surface area (Å²) in [6, 6.07) is 0. The fourth-order valence-electron chi connectivity index (χ4n) is 8.83. The predicted molar refractivity (Wildman–Crippen MR) is 116 cm³/mol. The number of aromatic nitrogens is 2. The lowest BCUT2D eigenvalue weighted by molar-refractivity contribution is -0.137. The molecule has 7 unspecified atom stereocenters. The Labute approximate surface area is 177 Å². The second-order valence-corrected chi connectivity index (χ2v) is 11.8. The Kier molecular flexibility index (Phi) is 4.75. The lowest BCUT2D eigenvalue weighted by Crippen LogP contribution is -2.53. The average molecular weight is 397 g/mol. The Bertz CT molecular complexity index is 783. The summed E-state index contributed by atoms with van der Waals surface area (Å²) in [7, 11) is 0. The van der Waals surface area contributed by atoms with Crippen LogP contribution < -0.4 is 0 Å². The Morgan fingerprint density at radius 2 is 1.83 bits per heavy atom. The molecule has 4 aliphatic carbocycles. The highest BCUT2D eigenvalue weighted by Gasteiger charge is 2.60. The van der Waals surface area contributed by atoms with Crippen molar-refractivity contribution in [1.29, 1.82) is 0 Å². The molecule has 0 aromatic carbocycles. The first-order valence-electron chi connectivity index (χ1n) is 12.3. The third kappa shape index (κ3) is 2.97. The molecule has 0 bridgehead atoms. The van der Waals surface area contributed by atoms with Gasteiger partial charge in [-0.05, 0) is 98.7 Å². The summed E-state index contributed by atoms with van der Waals surface area (Å²) < 4.78 is 2.04. The number of imidazole rings is 1. The molecule has 4 saturated carbocycles. The molecular formula is C26H40N2O. The molecule has 0 saturated heterocycles. The van der Waals surface area contributed by atoms with E-state index in [2.05, 4.69) is 32.7 Å². The lowest BCUT2D eigenvalue weighted by atomic mass is 9.44. The number of carbonyl (C=O) groups is 1. The highest BCUT2D eigenvalue weighted by molar-refractivity contribution is 5.82. The quantitative estimate of drug-likeness (QED) is 0.623. The summed E-state index contributed by atoms with van der Waals surface area (Å²) in [6.45, 7) is 10.2. The number of fused-ring (bicyclic) bond motifs is 5. The van der Waals surface area contributed by atoms with Crippen LogP contribution in [0.3, 0.4) is 0 Å². The van der Waals surface area contributed by atoms with E-state index in [1.54, 1.807) is 0 Å². The molecule has 0 aliphatic heterocycles. The molecule has 3 nitrogen and oxygen atoms in total. The summed E-state index contributed by atoms with van der Waals surface area (Å²) in [5.74, 6) is 5.16. The van der Waals surface area contributed by atoms with Crippen LogP contribution in [0, 0.1) is 53.3 Å². The minimum Gasteiger partial charge on any atom is -0.327 e. The summed E-state index contributed by atoms with van der Waals surface area (Å²) >= 11 is 0. The Balaban J connectivity index is 1.36. The molecular weight excluding hydrogens is 356 g/mol. The average Bonchev–Trinajstić information content (AvgIpc) is 3.25. The van der Waals surface area contributed by atoms with Gasteiger partial charge in [-0.3, -0.25) is 4.79 Å². The van der Waals surface area contributed by atoms with Gasteiger partial charge in [-0.15, -0.1) is 0 Å². The maximum Gasteiger partial charge on any atom is 0.156 e. The van der Waals surface area contributed by atoms with Crippen LogP contribution in [0.1, 0.15) is 84.3 Å². The highest BCUT2D eigenvalue weighted by atomic mass is 16.1. The van der Waals surface area contributed by atoms with Crippen molar-refractivity contribution in [3.8, 4) is 0 Å². The number of rotatable bonds is 3. The fraction of sp³-hybridized carbons (Fsp3) is 0.846. The Morgan fingerprint density at radius 1 is 1.07 bits per heavy atom. The Hall–Kier alpha value is -1.12. The number of Topliss-reactive ketones (excluding diaryl/α,β-unsaturated/α-hetero) is 1. The summed E-state index contributed by atoms with van der Waals surface area (Å²) in [5.41, 5.74) is 1.91. The van der Waals surface area contributed by atoms with E-state index < -0.39 is 0 Å².